The number of halogens is 1. The number of nitrogens with zero attached hydrogens (tertiary/aromatic N) is 1. The van der Waals surface area contributed by atoms with Crippen molar-refractivity contribution in [2.45, 2.75) is 13.0 Å². The third kappa shape index (κ3) is 3.40. The zero-order valence-corrected chi connectivity index (χ0v) is 9.90. The number of benzene rings is 1. The molecule has 0 bridgehead atoms. The van der Waals surface area contributed by atoms with Crippen LogP contribution in [0.3, 0.4) is 0 Å². The third-order valence-electron chi connectivity index (χ3n) is 2.13. The first-order valence-corrected chi connectivity index (χ1v) is 5.28. The normalized spacial score (nSPS) is 11.9. The predicted molar refractivity (Wildman–Crippen MR) is 64.1 cm³/mol. The molecule has 0 aliphatic carbocycles. The molecule has 92 valence electrons. The van der Waals surface area contributed by atoms with Crippen LogP contribution in [0.15, 0.2) is 18.2 Å². The Morgan fingerprint density at radius 2 is 2.29 bits per heavy atom. The first-order valence-electron chi connectivity index (χ1n) is 4.90. The molecule has 6 nitrogen and oxygen atoms in total. The second-order valence-electron chi connectivity index (χ2n) is 3.53. The van der Waals surface area contributed by atoms with Crippen molar-refractivity contribution in [3.63, 3.8) is 0 Å². The Hall–Kier alpha value is -1.66. The number of carbonyl (C=O) groups is 1. The number of hydrogen-bond acceptors (Lipinski definition) is 4. The van der Waals surface area contributed by atoms with E-state index in [0.717, 1.165) is 0 Å². The highest BCUT2D eigenvalue weighted by atomic mass is 35.5. The molecule has 3 N–H and O–H groups in total. The maximum atomic E-state index is 11.8. The highest BCUT2D eigenvalue weighted by molar-refractivity contribution is 6.31. The van der Waals surface area contributed by atoms with Gasteiger partial charge in [-0.15, -0.1) is 0 Å². The summed E-state index contributed by atoms with van der Waals surface area (Å²) < 4.78 is 0. The van der Waals surface area contributed by atoms with Crippen LogP contribution in [0.25, 0.3) is 0 Å². The highest BCUT2D eigenvalue weighted by Crippen LogP contribution is 2.22. The fourth-order valence-corrected chi connectivity index (χ4v) is 1.38. The van der Waals surface area contributed by atoms with Crippen LogP contribution in [0.5, 0.6) is 0 Å². The number of rotatable bonds is 4. The lowest BCUT2D eigenvalue weighted by Crippen LogP contribution is -2.38. The molecule has 1 atom stereocenters. The zero-order chi connectivity index (χ0) is 13.0. The van der Waals surface area contributed by atoms with E-state index >= 15 is 0 Å². The Balaban J connectivity index is 3.06. The summed E-state index contributed by atoms with van der Waals surface area (Å²) in [6.45, 7) is 1.95. The summed E-state index contributed by atoms with van der Waals surface area (Å²) in [7, 11) is 0. The molecule has 0 aromatic heterocycles. The van der Waals surface area contributed by atoms with Gasteiger partial charge in [0.1, 0.15) is 5.56 Å². The van der Waals surface area contributed by atoms with E-state index in [1.165, 1.54) is 18.2 Å². The Morgan fingerprint density at radius 1 is 1.65 bits per heavy atom. The van der Waals surface area contributed by atoms with Gasteiger partial charge in [-0.3, -0.25) is 14.9 Å². The summed E-state index contributed by atoms with van der Waals surface area (Å²) in [5.74, 6) is -0.558. The smallest absolute Gasteiger partial charge is 0.282 e. The van der Waals surface area contributed by atoms with Crippen molar-refractivity contribution in [3.05, 3.63) is 38.9 Å². The summed E-state index contributed by atoms with van der Waals surface area (Å²) in [5.41, 5.74) is 5.00. The standard InChI is InChI=1S/C10H12ClN3O3/c1-6(5-12)13-10(15)8-4-7(11)2-3-9(8)14(16)17/h2-4,6H,5,12H2,1H3,(H,13,15). The number of nitro groups is 1. The first kappa shape index (κ1) is 13.4. The van der Waals surface area contributed by atoms with Gasteiger partial charge in [0.25, 0.3) is 11.6 Å². The van der Waals surface area contributed by atoms with Gasteiger partial charge in [0.15, 0.2) is 0 Å². The molecule has 17 heavy (non-hydrogen) atoms. The molecular formula is C10H12ClN3O3. The van der Waals surface area contributed by atoms with Crippen LogP contribution in [-0.2, 0) is 0 Å². The molecule has 1 aromatic rings. The van der Waals surface area contributed by atoms with Gasteiger partial charge in [0, 0.05) is 23.7 Å². The van der Waals surface area contributed by atoms with Gasteiger partial charge in [-0.2, -0.15) is 0 Å². The van der Waals surface area contributed by atoms with Crippen molar-refractivity contribution in [1.29, 1.82) is 0 Å². The van der Waals surface area contributed by atoms with Crippen molar-refractivity contribution >= 4 is 23.2 Å². The minimum atomic E-state index is -0.627. The molecule has 0 saturated heterocycles. The lowest BCUT2D eigenvalue weighted by atomic mass is 10.1. The number of amides is 1. The molecule has 7 heteroatoms. The molecule has 0 saturated carbocycles. The van der Waals surface area contributed by atoms with Gasteiger partial charge >= 0.3 is 0 Å². The molecule has 1 aromatic carbocycles. The molecule has 1 unspecified atom stereocenters. The summed E-state index contributed by atoms with van der Waals surface area (Å²) in [5, 5.41) is 13.6. The number of nitrogens with one attached hydrogen (secondary N) is 1. The third-order valence-corrected chi connectivity index (χ3v) is 2.37. The predicted octanol–water partition coefficient (Wildman–Crippen LogP) is 1.33. The molecular weight excluding hydrogens is 246 g/mol. The Labute approximate surface area is 103 Å². The SMILES string of the molecule is CC(CN)NC(=O)c1cc(Cl)ccc1[N+](=O)[O-]. The molecule has 0 spiro atoms. The number of nitrogens with two attached hydrogens (primary N) is 1. The minimum absolute atomic E-state index is 0.0669. The average Bonchev–Trinajstić information content (AvgIpc) is 2.28. The maximum Gasteiger partial charge on any atom is 0.282 e. The van der Waals surface area contributed by atoms with Crippen molar-refractivity contribution in [3.8, 4) is 0 Å². The Bertz CT molecular complexity index is 450. The molecule has 1 rings (SSSR count). The van der Waals surface area contributed by atoms with Crippen LogP contribution in [0.4, 0.5) is 5.69 Å². The molecule has 1 amide bonds. The van der Waals surface area contributed by atoms with Gasteiger partial charge in [0.05, 0.1) is 4.92 Å². The summed E-state index contributed by atoms with van der Waals surface area (Å²) in [4.78, 5) is 21.9. The summed E-state index contributed by atoms with van der Waals surface area (Å²) in [6.07, 6.45) is 0. The maximum absolute atomic E-state index is 11.8. The first-order chi connectivity index (χ1) is 7.95. The van der Waals surface area contributed by atoms with Crippen LogP contribution in [0, 0.1) is 10.1 Å². The van der Waals surface area contributed by atoms with E-state index in [-0.39, 0.29) is 28.9 Å². The topological polar surface area (TPSA) is 98.3 Å². The van der Waals surface area contributed by atoms with Crippen LogP contribution in [-0.4, -0.2) is 23.4 Å². The highest BCUT2D eigenvalue weighted by Gasteiger charge is 2.21. The summed E-state index contributed by atoms with van der Waals surface area (Å²) >= 11 is 5.71. The minimum Gasteiger partial charge on any atom is -0.348 e. The van der Waals surface area contributed by atoms with Gasteiger partial charge in [-0.25, -0.2) is 0 Å². The average molecular weight is 258 g/mol. The van der Waals surface area contributed by atoms with Crippen molar-refractivity contribution in [1.82, 2.24) is 5.32 Å². The lowest BCUT2D eigenvalue weighted by Gasteiger charge is -2.11. The summed E-state index contributed by atoms with van der Waals surface area (Å²) in [6, 6.07) is 3.56. The Kier molecular flexibility index (Phi) is 4.42. The number of nitro benzene ring substituents is 1. The second-order valence-corrected chi connectivity index (χ2v) is 3.97. The van der Waals surface area contributed by atoms with Crippen molar-refractivity contribution in [2.75, 3.05) is 6.54 Å². The van der Waals surface area contributed by atoms with E-state index in [1.807, 2.05) is 0 Å². The molecule has 0 fully saturated rings. The van der Waals surface area contributed by atoms with E-state index in [2.05, 4.69) is 5.32 Å². The van der Waals surface area contributed by atoms with E-state index < -0.39 is 10.8 Å². The number of hydrogen-bond donors (Lipinski definition) is 2. The molecule has 0 heterocycles. The number of carbonyl (C=O) groups excluding carboxylic acids is 1. The molecule has 0 aliphatic rings. The van der Waals surface area contributed by atoms with Crippen LogP contribution < -0.4 is 11.1 Å². The van der Waals surface area contributed by atoms with Gasteiger partial charge in [0.2, 0.25) is 0 Å². The monoisotopic (exact) mass is 257 g/mol. The fourth-order valence-electron chi connectivity index (χ4n) is 1.21. The molecule has 0 radical (unpaired) electrons. The fraction of sp³-hybridized carbons (Fsp3) is 0.300. The lowest BCUT2D eigenvalue weighted by molar-refractivity contribution is -0.385. The van der Waals surface area contributed by atoms with Crippen LogP contribution >= 0.6 is 11.6 Å². The largest absolute Gasteiger partial charge is 0.348 e. The van der Waals surface area contributed by atoms with Crippen LogP contribution in [0.2, 0.25) is 5.02 Å². The van der Waals surface area contributed by atoms with Crippen molar-refractivity contribution in [2.24, 2.45) is 5.73 Å². The van der Waals surface area contributed by atoms with E-state index in [9.17, 15) is 14.9 Å². The van der Waals surface area contributed by atoms with Gasteiger partial charge in [-0.1, -0.05) is 11.6 Å². The van der Waals surface area contributed by atoms with E-state index in [0.29, 0.717) is 0 Å². The quantitative estimate of drug-likeness (QED) is 0.628. The second kappa shape index (κ2) is 5.60. The van der Waals surface area contributed by atoms with Crippen molar-refractivity contribution < 1.29 is 9.72 Å². The van der Waals surface area contributed by atoms with Gasteiger partial charge in [-0.05, 0) is 19.1 Å². The Morgan fingerprint density at radius 3 is 2.82 bits per heavy atom. The van der Waals surface area contributed by atoms with Gasteiger partial charge < -0.3 is 11.1 Å². The van der Waals surface area contributed by atoms with E-state index in [1.54, 1.807) is 6.92 Å². The van der Waals surface area contributed by atoms with Crippen LogP contribution in [0.1, 0.15) is 17.3 Å². The van der Waals surface area contributed by atoms with E-state index in [4.69, 9.17) is 17.3 Å². The zero-order valence-electron chi connectivity index (χ0n) is 9.14. The molecule has 0 aliphatic heterocycles.